The molecule has 6 heteroatoms. The first-order valence-corrected chi connectivity index (χ1v) is 10.00. The molecule has 4 nitrogen and oxygen atoms in total. The van der Waals surface area contributed by atoms with E-state index >= 15 is 0 Å². The van der Waals surface area contributed by atoms with E-state index in [1.165, 1.54) is 4.88 Å². The summed E-state index contributed by atoms with van der Waals surface area (Å²) in [7, 11) is 3.29. The number of halogens is 1. The summed E-state index contributed by atoms with van der Waals surface area (Å²) < 4.78 is 11.8. The summed E-state index contributed by atoms with van der Waals surface area (Å²) in [5.74, 6) is 1.43. The molecule has 136 valence electrons. The van der Waals surface area contributed by atoms with Gasteiger partial charge < -0.3 is 14.8 Å². The molecule has 0 saturated carbocycles. The van der Waals surface area contributed by atoms with Gasteiger partial charge >= 0.3 is 0 Å². The molecule has 3 aromatic rings. The van der Waals surface area contributed by atoms with Crippen LogP contribution in [0.15, 0.2) is 46.9 Å². The van der Waals surface area contributed by atoms with Crippen molar-refractivity contribution in [1.29, 1.82) is 0 Å². The van der Waals surface area contributed by atoms with E-state index in [0.717, 1.165) is 45.1 Å². The largest absolute Gasteiger partial charge is 0.493 e. The second kappa shape index (κ2) is 8.56. The molecule has 0 amide bonds. The zero-order valence-corrected chi connectivity index (χ0v) is 17.4. The molecular weight excluding hydrogens is 412 g/mol. The van der Waals surface area contributed by atoms with E-state index in [4.69, 9.17) is 14.5 Å². The zero-order valence-electron chi connectivity index (χ0n) is 15.0. The minimum Gasteiger partial charge on any atom is -0.493 e. The number of methoxy groups -OCH3 is 2. The van der Waals surface area contributed by atoms with Crippen molar-refractivity contribution in [2.24, 2.45) is 0 Å². The van der Waals surface area contributed by atoms with Crippen molar-refractivity contribution >= 4 is 38.1 Å². The van der Waals surface area contributed by atoms with Gasteiger partial charge in [0.1, 0.15) is 0 Å². The van der Waals surface area contributed by atoms with Crippen molar-refractivity contribution in [1.82, 2.24) is 4.98 Å². The zero-order chi connectivity index (χ0) is 18.5. The Morgan fingerprint density at radius 1 is 1.04 bits per heavy atom. The number of ether oxygens (including phenoxy) is 2. The molecule has 1 heterocycles. The molecule has 0 atom stereocenters. The highest BCUT2D eigenvalue weighted by Crippen LogP contribution is 2.37. The molecule has 3 rings (SSSR count). The molecule has 26 heavy (non-hydrogen) atoms. The van der Waals surface area contributed by atoms with E-state index < -0.39 is 0 Å². The maximum absolute atomic E-state index is 5.44. The minimum atomic E-state index is 0.711. The summed E-state index contributed by atoms with van der Waals surface area (Å²) in [6.07, 6.45) is 2.06. The Morgan fingerprint density at radius 3 is 2.42 bits per heavy atom. The van der Waals surface area contributed by atoms with Crippen LogP contribution in [0.1, 0.15) is 18.2 Å². The summed E-state index contributed by atoms with van der Waals surface area (Å²) in [4.78, 5) is 6.11. The van der Waals surface area contributed by atoms with Gasteiger partial charge in [-0.1, -0.05) is 29.3 Å². The first kappa shape index (κ1) is 18.7. The minimum absolute atomic E-state index is 0.711. The molecule has 0 aliphatic heterocycles. The summed E-state index contributed by atoms with van der Waals surface area (Å²) in [5, 5.41) is 4.29. The molecule has 0 spiro atoms. The molecule has 1 aromatic heterocycles. The lowest BCUT2D eigenvalue weighted by Gasteiger charge is -2.09. The van der Waals surface area contributed by atoms with Gasteiger partial charge in [0.05, 0.1) is 19.9 Å². The lowest BCUT2D eigenvalue weighted by Crippen LogP contribution is -1.93. The van der Waals surface area contributed by atoms with Crippen molar-refractivity contribution < 1.29 is 9.47 Å². The number of hydrogen-bond acceptors (Lipinski definition) is 5. The lowest BCUT2D eigenvalue weighted by atomic mass is 10.1. The predicted molar refractivity (Wildman–Crippen MR) is 112 cm³/mol. The number of aryl methyl sites for hydroxylation is 1. The number of rotatable bonds is 7. The van der Waals surface area contributed by atoms with Crippen molar-refractivity contribution in [3.8, 4) is 22.8 Å². The average Bonchev–Trinajstić information content (AvgIpc) is 3.05. The van der Waals surface area contributed by atoms with Gasteiger partial charge in [-0.05, 0) is 48.9 Å². The maximum Gasteiger partial charge on any atom is 0.187 e. The van der Waals surface area contributed by atoms with E-state index in [-0.39, 0.29) is 0 Å². The molecule has 0 saturated heterocycles. The Bertz CT molecular complexity index is 878. The number of aromatic nitrogens is 1. The van der Waals surface area contributed by atoms with Gasteiger partial charge in [-0.15, -0.1) is 11.3 Å². The Kier molecular flexibility index (Phi) is 6.16. The van der Waals surface area contributed by atoms with Crippen LogP contribution in [-0.2, 0) is 6.42 Å². The quantitative estimate of drug-likeness (QED) is 0.476. The number of thiazole rings is 1. The maximum atomic E-state index is 5.44. The summed E-state index contributed by atoms with van der Waals surface area (Å²) in [5.41, 5.74) is 3.05. The van der Waals surface area contributed by atoms with Crippen molar-refractivity contribution in [2.75, 3.05) is 19.5 Å². The standard InChI is InChI=1S/C20H21BrN2O2S/c1-4-5-18-19(13-6-11-16(24-2)17(12-13)25-3)23-20(26-18)22-15-9-7-14(21)8-10-15/h6-12H,4-5H2,1-3H3,(H,22,23). The van der Waals surface area contributed by atoms with Gasteiger partial charge in [-0.25, -0.2) is 4.98 Å². The van der Waals surface area contributed by atoms with E-state index in [0.29, 0.717) is 5.75 Å². The van der Waals surface area contributed by atoms with Crippen LogP contribution in [0.2, 0.25) is 0 Å². The van der Waals surface area contributed by atoms with Gasteiger partial charge in [-0.2, -0.15) is 0 Å². The average molecular weight is 433 g/mol. The number of nitrogens with zero attached hydrogens (tertiary/aromatic N) is 1. The van der Waals surface area contributed by atoms with E-state index in [9.17, 15) is 0 Å². The van der Waals surface area contributed by atoms with Crippen molar-refractivity contribution in [3.05, 3.63) is 51.8 Å². The first-order valence-electron chi connectivity index (χ1n) is 8.39. The monoisotopic (exact) mass is 432 g/mol. The predicted octanol–water partition coefficient (Wildman–Crippen LogP) is 6.29. The smallest absolute Gasteiger partial charge is 0.187 e. The SMILES string of the molecule is CCCc1sc(Nc2ccc(Br)cc2)nc1-c1ccc(OC)c(OC)c1. The Labute approximate surface area is 166 Å². The van der Waals surface area contributed by atoms with Gasteiger partial charge in [0.25, 0.3) is 0 Å². The third-order valence-electron chi connectivity index (χ3n) is 3.93. The Hall–Kier alpha value is -2.05. The highest BCUT2D eigenvalue weighted by atomic mass is 79.9. The normalized spacial score (nSPS) is 10.6. The van der Waals surface area contributed by atoms with Crippen molar-refractivity contribution in [3.63, 3.8) is 0 Å². The van der Waals surface area contributed by atoms with Gasteiger partial charge in [0.2, 0.25) is 0 Å². The Balaban J connectivity index is 1.95. The van der Waals surface area contributed by atoms with E-state index in [2.05, 4.69) is 28.2 Å². The fraction of sp³-hybridized carbons (Fsp3) is 0.250. The Morgan fingerprint density at radius 2 is 1.77 bits per heavy atom. The fourth-order valence-electron chi connectivity index (χ4n) is 2.67. The topological polar surface area (TPSA) is 43.4 Å². The third-order valence-corrected chi connectivity index (χ3v) is 5.49. The molecular formula is C20H21BrN2O2S. The van der Waals surface area contributed by atoms with Crippen LogP contribution in [0.5, 0.6) is 11.5 Å². The first-order chi connectivity index (χ1) is 12.6. The molecule has 0 aliphatic carbocycles. The fourth-order valence-corrected chi connectivity index (χ4v) is 4.04. The molecule has 0 fully saturated rings. The van der Waals surface area contributed by atoms with Crippen LogP contribution in [0.4, 0.5) is 10.8 Å². The lowest BCUT2D eigenvalue weighted by molar-refractivity contribution is 0.355. The number of anilines is 2. The summed E-state index contributed by atoms with van der Waals surface area (Å²) in [6, 6.07) is 14.0. The summed E-state index contributed by atoms with van der Waals surface area (Å²) in [6.45, 7) is 2.18. The van der Waals surface area contributed by atoms with Crippen LogP contribution in [0.25, 0.3) is 11.3 Å². The number of nitrogens with one attached hydrogen (secondary N) is 1. The van der Waals surface area contributed by atoms with Crippen molar-refractivity contribution in [2.45, 2.75) is 19.8 Å². The molecule has 1 N–H and O–H groups in total. The molecule has 0 radical (unpaired) electrons. The number of hydrogen-bond donors (Lipinski definition) is 1. The molecule has 0 aliphatic rings. The molecule has 2 aromatic carbocycles. The third kappa shape index (κ3) is 4.19. The summed E-state index contributed by atoms with van der Waals surface area (Å²) >= 11 is 5.16. The van der Waals surface area contributed by atoms with Crippen LogP contribution in [0.3, 0.4) is 0 Å². The highest BCUT2D eigenvalue weighted by molar-refractivity contribution is 9.10. The second-order valence-electron chi connectivity index (χ2n) is 5.74. The van der Waals surface area contributed by atoms with Gasteiger partial charge in [0, 0.05) is 20.6 Å². The van der Waals surface area contributed by atoms with Crippen LogP contribution in [0, 0.1) is 0 Å². The van der Waals surface area contributed by atoms with E-state index in [1.54, 1.807) is 25.6 Å². The molecule has 0 bridgehead atoms. The second-order valence-corrected chi connectivity index (χ2v) is 7.74. The van der Waals surface area contributed by atoms with Gasteiger partial charge in [-0.3, -0.25) is 0 Å². The van der Waals surface area contributed by atoms with Gasteiger partial charge in [0.15, 0.2) is 16.6 Å². The van der Waals surface area contributed by atoms with Crippen LogP contribution in [-0.4, -0.2) is 19.2 Å². The van der Waals surface area contributed by atoms with Crippen LogP contribution >= 0.6 is 27.3 Å². The van der Waals surface area contributed by atoms with Crippen LogP contribution < -0.4 is 14.8 Å². The van der Waals surface area contributed by atoms with E-state index in [1.807, 2.05) is 42.5 Å². The number of benzene rings is 2. The highest BCUT2D eigenvalue weighted by Gasteiger charge is 2.15. The molecule has 0 unspecified atom stereocenters.